The van der Waals surface area contributed by atoms with Crippen molar-refractivity contribution in [3.63, 3.8) is 0 Å². The summed E-state index contributed by atoms with van der Waals surface area (Å²) in [5, 5.41) is 13.2. The third kappa shape index (κ3) is 2.04. The molecule has 0 aromatic rings. The molecular weight excluding hydrogens is 254 g/mol. The molecular formula is C16H24NO3-. The highest BCUT2D eigenvalue weighted by atomic mass is 16.4. The van der Waals surface area contributed by atoms with Gasteiger partial charge >= 0.3 is 0 Å². The second-order valence-electron chi connectivity index (χ2n) is 8.83. The van der Waals surface area contributed by atoms with Gasteiger partial charge in [0.2, 0.25) is 5.91 Å². The van der Waals surface area contributed by atoms with Crippen molar-refractivity contribution in [2.24, 2.45) is 21.7 Å². The summed E-state index contributed by atoms with van der Waals surface area (Å²) >= 11 is 0. The molecule has 4 nitrogen and oxygen atoms in total. The van der Waals surface area contributed by atoms with Gasteiger partial charge in [0.25, 0.3) is 0 Å². The Hall–Kier alpha value is -1.06. The molecule has 0 heterocycles. The lowest BCUT2D eigenvalue weighted by Crippen LogP contribution is -2.63. The van der Waals surface area contributed by atoms with Gasteiger partial charge in [-0.05, 0) is 54.8 Å². The Morgan fingerprint density at radius 2 is 1.30 bits per heavy atom. The van der Waals surface area contributed by atoms with Crippen LogP contribution in [0.15, 0.2) is 0 Å². The molecule has 112 valence electrons. The lowest BCUT2D eigenvalue weighted by atomic mass is 9.36. The summed E-state index contributed by atoms with van der Waals surface area (Å²) in [5.41, 5.74) is 0.341. The maximum Gasteiger partial charge on any atom is 0.226 e. The molecule has 0 atom stereocenters. The van der Waals surface area contributed by atoms with Crippen LogP contribution in [-0.4, -0.2) is 18.4 Å². The molecule has 4 aliphatic carbocycles. The first kappa shape index (κ1) is 13.9. The van der Waals surface area contributed by atoms with E-state index in [1.54, 1.807) is 0 Å². The Morgan fingerprint density at radius 1 is 0.900 bits per heavy atom. The molecule has 0 unspecified atom stereocenters. The van der Waals surface area contributed by atoms with E-state index < -0.39 is 5.97 Å². The van der Waals surface area contributed by atoms with Gasteiger partial charge in [-0.15, -0.1) is 0 Å². The van der Waals surface area contributed by atoms with Crippen LogP contribution in [-0.2, 0) is 9.59 Å². The van der Waals surface area contributed by atoms with Gasteiger partial charge in [-0.2, -0.15) is 0 Å². The number of carboxylic acid groups (broad SMARTS) is 1. The second kappa shape index (κ2) is 3.77. The quantitative estimate of drug-likeness (QED) is 0.844. The van der Waals surface area contributed by atoms with Crippen LogP contribution in [0.3, 0.4) is 0 Å². The van der Waals surface area contributed by atoms with Gasteiger partial charge in [0.05, 0.1) is 17.9 Å². The molecule has 4 fully saturated rings. The molecule has 0 aromatic carbocycles. The first-order chi connectivity index (χ1) is 9.08. The van der Waals surface area contributed by atoms with Crippen LogP contribution in [0.5, 0.6) is 0 Å². The maximum atomic E-state index is 12.6. The largest absolute Gasteiger partial charge is 0.548 e. The number of carbonyl (C=O) groups excluding carboxylic acids is 2. The van der Waals surface area contributed by atoms with Crippen LogP contribution in [0.2, 0.25) is 0 Å². The first-order valence-corrected chi connectivity index (χ1v) is 7.56. The van der Waals surface area contributed by atoms with E-state index in [9.17, 15) is 14.7 Å². The standard InChI is InChI=1S/C16H25NO3/c1-13-5-14(2)7-15(3,6-13)10-16(8-13,9-14)12(20)17-4-11(18)19/h4-10H2,1-3H3,(H,17,20)(H,18,19)/p-1. The Labute approximate surface area is 120 Å². The van der Waals surface area contributed by atoms with Crippen molar-refractivity contribution in [2.45, 2.75) is 59.3 Å². The van der Waals surface area contributed by atoms with Crippen LogP contribution in [0, 0.1) is 21.7 Å². The molecule has 4 rings (SSSR count). The molecule has 0 aliphatic heterocycles. The molecule has 4 heteroatoms. The van der Waals surface area contributed by atoms with Crippen molar-refractivity contribution in [2.75, 3.05) is 6.54 Å². The molecule has 4 aliphatic rings. The zero-order chi connectivity index (χ0) is 14.8. The van der Waals surface area contributed by atoms with Gasteiger partial charge in [0.1, 0.15) is 0 Å². The number of hydrogen-bond donors (Lipinski definition) is 1. The summed E-state index contributed by atoms with van der Waals surface area (Å²) in [4.78, 5) is 23.2. The number of hydrogen-bond acceptors (Lipinski definition) is 3. The summed E-state index contributed by atoms with van der Waals surface area (Å²) in [6, 6.07) is 0. The van der Waals surface area contributed by atoms with E-state index in [1.165, 1.54) is 19.3 Å². The third-order valence-corrected chi connectivity index (χ3v) is 5.73. The molecule has 0 saturated heterocycles. The lowest BCUT2D eigenvalue weighted by molar-refractivity contribution is -0.304. The third-order valence-electron chi connectivity index (χ3n) is 5.73. The van der Waals surface area contributed by atoms with E-state index in [2.05, 4.69) is 26.1 Å². The SMILES string of the molecule is CC12CC3(C)CC(C)(C1)CC(C(=O)NCC(=O)[O-])(C2)C3. The average molecular weight is 278 g/mol. The minimum absolute atomic E-state index is 0.0653. The number of rotatable bonds is 3. The highest BCUT2D eigenvalue weighted by Gasteiger charge is 2.66. The fourth-order valence-corrected chi connectivity index (χ4v) is 6.87. The summed E-state index contributed by atoms with van der Waals surface area (Å²) in [7, 11) is 0. The van der Waals surface area contributed by atoms with Crippen molar-refractivity contribution in [1.82, 2.24) is 5.32 Å². The van der Waals surface area contributed by atoms with Gasteiger partial charge in [-0.25, -0.2) is 0 Å². The minimum Gasteiger partial charge on any atom is -0.548 e. The molecule has 0 radical (unpaired) electrons. The highest BCUT2D eigenvalue weighted by molar-refractivity contribution is 5.86. The molecule has 20 heavy (non-hydrogen) atoms. The molecule has 0 aromatic heterocycles. The van der Waals surface area contributed by atoms with E-state index >= 15 is 0 Å². The first-order valence-electron chi connectivity index (χ1n) is 7.56. The number of nitrogens with one attached hydrogen (secondary N) is 1. The minimum atomic E-state index is -1.22. The predicted molar refractivity (Wildman–Crippen MR) is 72.5 cm³/mol. The predicted octanol–water partition coefficient (Wildman–Crippen LogP) is 1.24. The average Bonchev–Trinajstić information content (AvgIpc) is 2.18. The zero-order valence-corrected chi connectivity index (χ0v) is 12.7. The molecule has 4 bridgehead atoms. The number of aliphatic carboxylic acids is 1. The van der Waals surface area contributed by atoms with Crippen LogP contribution < -0.4 is 10.4 Å². The van der Waals surface area contributed by atoms with Crippen molar-refractivity contribution in [1.29, 1.82) is 0 Å². The van der Waals surface area contributed by atoms with Crippen molar-refractivity contribution >= 4 is 11.9 Å². The fourth-order valence-electron chi connectivity index (χ4n) is 6.87. The van der Waals surface area contributed by atoms with Crippen LogP contribution in [0.25, 0.3) is 0 Å². The fraction of sp³-hybridized carbons (Fsp3) is 0.875. The highest BCUT2D eigenvalue weighted by Crippen LogP contribution is 2.73. The van der Waals surface area contributed by atoms with Crippen LogP contribution in [0.1, 0.15) is 59.3 Å². The smallest absolute Gasteiger partial charge is 0.226 e. The van der Waals surface area contributed by atoms with Gasteiger partial charge in [-0.1, -0.05) is 20.8 Å². The zero-order valence-electron chi connectivity index (χ0n) is 12.7. The summed E-state index contributed by atoms with van der Waals surface area (Å²) < 4.78 is 0. The van der Waals surface area contributed by atoms with Crippen LogP contribution >= 0.6 is 0 Å². The van der Waals surface area contributed by atoms with E-state index in [0.29, 0.717) is 0 Å². The van der Waals surface area contributed by atoms with E-state index in [1.807, 2.05) is 0 Å². The molecule has 0 spiro atoms. The Morgan fingerprint density at radius 3 is 1.65 bits per heavy atom. The van der Waals surface area contributed by atoms with Gasteiger partial charge in [-0.3, -0.25) is 4.79 Å². The molecule has 1 N–H and O–H groups in total. The monoisotopic (exact) mass is 278 g/mol. The number of carboxylic acids is 1. The van der Waals surface area contributed by atoms with Gasteiger partial charge in [0.15, 0.2) is 0 Å². The topological polar surface area (TPSA) is 69.2 Å². The van der Waals surface area contributed by atoms with E-state index in [-0.39, 0.29) is 34.1 Å². The Kier molecular flexibility index (Phi) is 2.62. The van der Waals surface area contributed by atoms with E-state index in [0.717, 1.165) is 19.3 Å². The lowest BCUT2D eigenvalue weighted by Gasteiger charge is -2.68. The molecule has 4 saturated carbocycles. The maximum absolute atomic E-state index is 12.6. The summed E-state index contributed by atoms with van der Waals surface area (Å²) in [6.07, 6.45) is 6.32. The van der Waals surface area contributed by atoms with E-state index in [4.69, 9.17) is 0 Å². The normalized spacial score (nSPS) is 49.1. The van der Waals surface area contributed by atoms with Gasteiger partial charge in [0, 0.05) is 0 Å². The van der Waals surface area contributed by atoms with Crippen molar-refractivity contribution in [3.05, 3.63) is 0 Å². The number of carbonyl (C=O) groups is 2. The van der Waals surface area contributed by atoms with Crippen molar-refractivity contribution in [3.8, 4) is 0 Å². The Balaban J connectivity index is 1.90. The Bertz CT molecular complexity index is 431. The second-order valence-corrected chi connectivity index (χ2v) is 8.83. The van der Waals surface area contributed by atoms with Crippen LogP contribution in [0.4, 0.5) is 0 Å². The summed E-state index contributed by atoms with van der Waals surface area (Å²) in [5.74, 6) is -1.28. The van der Waals surface area contributed by atoms with Gasteiger partial charge < -0.3 is 15.2 Å². The molecule has 1 amide bonds. The van der Waals surface area contributed by atoms with Crippen molar-refractivity contribution < 1.29 is 14.7 Å². The summed E-state index contributed by atoms with van der Waals surface area (Å²) in [6.45, 7) is 6.55. The number of amides is 1.